The number of amides is 4. The molecule has 1 unspecified atom stereocenters. The van der Waals surface area contributed by atoms with Gasteiger partial charge in [-0.3, -0.25) is 33.6 Å². The number of rotatable bonds is 26. The number of hydrogen-bond acceptors (Lipinski definition) is 14. The first-order valence-corrected chi connectivity index (χ1v) is 16.9. The summed E-state index contributed by atoms with van der Waals surface area (Å²) in [5, 5.41) is 5.19. The van der Waals surface area contributed by atoms with Crippen LogP contribution < -0.4 is 43.8 Å². The lowest BCUT2D eigenvalue weighted by Crippen LogP contribution is -2.61. The van der Waals surface area contributed by atoms with E-state index in [0.717, 1.165) is 5.56 Å². The van der Waals surface area contributed by atoms with Crippen molar-refractivity contribution in [2.45, 2.75) is 89.1 Å². The standard InChI is InChI=1S/C31H48N8O8S2/c1-4-17(2)27(35-30(46)23(38-36-20(14-40)15-48)12-19-8-6-5-7-9-19)31(47)34-21(10-11-25(32)42)28(44)29(45)22(13-26(33)43)37-39-24(16-49)18(3)41/h5-9,14,17,20-24,27,36-39,48-49H,4,10-13,15-16H2,1-3H3,(H2,32,42)(H2,33,43)(H,34,47)(H,35,46)/t17-,20+,21-,22-,23-,24-,27?/m0/s1. The van der Waals surface area contributed by atoms with E-state index in [1.807, 2.05) is 6.07 Å². The average molecular weight is 725 g/mol. The summed E-state index contributed by atoms with van der Waals surface area (Å²) in [6, 6.07) is 2.12. The van der Waals surface area contributed by atoms with Gasteiger partial charge < -0.3 is 26.9 Å². The van der Waals surface area contributed by atoms with E-state index >= 15 is 0 Å². The maximum Gasteiger partial charge on any atom is 0.243 e. The third kappa shape index (κ3) is 15.6. The fraction of sp³-hybridized carbons (Fsp3) is 0.548. The largest absolute Gasteiger partial charge is 0.370 e. The summed E-state index contributed by atoms with van der Waals surface area (Å²) in [6.45, 7) is 4.75. The van der Waals surface area contributed by atoms with E-state index in [-0.39, 0.29) is 36.6 Å². The molecule has 0 bridgehead atoms. The smallest absolute Gasteiger partial charge is 0.243 e. The van der Waals surface area contributed by atoms with Crippen molar-refractivity contribution in [1.82, 2.24) is 32.3 Å². The van der Waals surface area contributed by atoms with Crippen molar-refractivity contribution in [2.75, 3.05) is 11.5 Å². The Hall–Kier alpha value is -3.68. The van der Waals surface area contributed by atoms with Gasteiger partial charge in [0.15, 0.2) is 0 Å². The number of carbonyl (C=O) groups excluding carboxylic acids is 8. The molecular weight excluding hydrogens is 677 g/mol. The molecule has 0 spiro atoms. The van der Waals surface area contributed by atoms with Crippen LogP contribution in [0.1, 0.15) is 52.0 Å². The van der Waals surface area contributed by atoms with E-state index in [4.69, 9.17) is 11.5 Å². The van der Waals surface area contributed by atoms with Crippen LogP contribution in [0.2, 0.25) is 0 Å². The molecule has 10 N–H and O–H groups in total. The lowest BCUT2D eigenvalue weighted by molar-refractivity contribution is -0.141. The highest BCUT2D eigenvalue weighted by Gasteiger charge is 2.36. The Labute approximate surface area is 296 Å². The average Bonchev–Trinajstić information content (AvgIpc) is 3.07. The minimum Gasteiger partial charge on any atom is -0.370 e. The molecule has 0 heterocycles. The van der Waals surface area contributed by atoms with Gasteiger partial charge in [0.1, 0.15) is 24.2 Å². The van der Waals surface area contributed by atoms with Gasteiger partial charge in [0.2, 0.25) is 35.2 Å². The van der Waals surface area contributed by atoms with Crippen LogP contribution in [-0.4, -0.2) is 95.0 Å². The number of aldehydes is 1. The van der Waals surface area contributed by atoms with Crippen molar-refractivity contribution >= 4 is 72.5 Å². The second-order valence-electron chi connectivity index (χ2n) is 11.5. The number of Topliss-reactive ketones (excluding diaryl/α,β-unsaturated/α-hetero) is 3. The fourth-order valence-electron chi connectivity index (χ4n) is 4.39. The third-order valence-electron chi connectivity index (χ3n) is 7.58. The van der Waals surface area contributed by atoms with Crippen molar-refractivity contribution in [3.05, 3.63) is 35.9 Å². The van der Waals surface area contributed by atoms with E-state index in [1.165, 1.54) is 6.92 Å². The molecule has 0 radical (unpaired) electrons. The van der Waals surface area contributed by atoms with E-state index in [1.54, 1.807) is 38.1 Å². The number of hydrazine groups is 2. The van der Waals surface area contributed by atoms with E-state index in [0.29, 0.717) is 12.7 Å². The summed E-state index contributed by atoms with van der Waals surface area (Å²) in [6.07, 6.45) is -0.188. The van der Waals surface area contributed by atoms with Crippen molar-refractivity contribution in [2.24, 2.45) is 17.4 Å². The Balaban J connectivity index is 3.32. The van der Waals surface area contributed by atoms with Crippen LogP contribution >= 0.6 is 25.3 Å². The van der Waals surface area contributed by atoms with Gasteiger partial charge in [-0.1, -0.05) is 50.6 Å². The van der Waals surface area contributed by atoms with Gasteiger partial charge in [0.05, 0.1) is 30.6 Å². The summed E-state index contributed by atoms with van der Waals surface area (Å²) in [7, 11) is 0. The van der Waals surface area contributed by atoms with Crippen molar-refractivity contribution in [3.8, 4) is 0 Å². The zero-order valence-corrected chi connectivity index (χ0v) is 29.6. The van der Waals surface area contributed by atoms with Crippen LogP contribution in [0.25, 0.3) is 0 Å². The van der Waals surface area contributed by atoms with Gasteiger partial charge >= 0.3 is 0 Å². The molecule has 0 fully saturated rings. The molecular formula is C31H48N8O8S2. The first-order valence-electron chi connectivity index (χ1n) is 15.7. The molecule has 4 amide bonds. The topological polar surface area (TPSA) is 261 Å². The van der Waals surface area contributed by atoms with Crippen LogP contribution in [0.15, 0.2) is 30.3 Å². The number of ketones is 3. The maximum absolute atomic E-state index is 13.7. The highest BCUT2D eigenvalue weighted by molar-refractivity contribution is 7.80. The highest BCUT2D eigenvalue weighted by atomic mass is 32.1. The van der Waals surface area contributed by atoms with Crippen molar-refractivity contribution < 1.29 is 38.4 Å². The van der Waals surface area contributed by atoms with Crippen molar-refractivity contribution in [3.63, 3.8) is 0 Å². The maximum atomic E-state index is 13.7. The fourth-order valence-corrected chi connectivity index (χ4v) is 4.92. The quantitative estimate of drug-likeness (QED) is 0.0212. The number of thiol groups is 2. The molecule has 7 atom stereocenters. The van der Waals surface area contributed by atoms with Crippen LogP contribution in [0.3, 0.4) is 0 Å². The molecule has 0 saturated heterocycles. The normalized spacial score (nSPS) is 15.4. The number of benzene rings is 1. The molecule has 0 aliphatic carbocycles. The highest BCUT2D eigenvalue weighted by Crippen LogP contribution is 2.12. The monoisotopic (exact) mass is 724 g/mol. The summed E-state index contributed by atoms with van der Waals surface area (Å²) in [5.74, 6) is -6.17. The molecule has 272 valence electrons. The van der Waals surface area contributed by atoms with Crippen LogP contribution in [0, 0.1) is 5.92 Å². The Morgan fingerprint density at radius 3 is 1.88 bits per heavy atom. The van der Waals surface area contributed by atoms with Crippen LogP contribution in [0.4, 0.5) is 0 Å². The Kier molecular flexibility index (Phi) is 20.2. The zero-order valence-electron chi connectivity index (χ0n) is 27.8. The van der Waals surface area contributed by atoms with Gasteiger partial charge in [-0.05, 0) is 31.2 Å². The Bertz CT molecular complexity index is 1310. The molecule has 0 aliphatic rings. The summed E-state index contributed by atoms with van der Waals surface area (Å²) in [5.41, 5.74) is 22.0. The predicted molar refractivity (Wildman–Crippen MR) is 188 cm³/mol. The Morgan fingerprint density at radius 1 is 0.776 bits per heavy atom. The summed E-state index contributed by atoms with van der Waals surface area (Å²) >= 11 is 8.17. The van der Waals surface area contributed by atoms with Gasteiger partial charge in [-0.25, -0.2) is 21.7 Å². The number of hydrogen-bond donors (Lipinski definition) is 10. The van der Waals surface area contributed by atoms with E-state index in [2.05, 4.69) is 57.6 Å². The molecule has 0 aromatic heterocycles. The van der Waals surface area contributed by atoms with E-state index < -0.39 is 83.8 Å². The second kappa shape index (κ2) is 22.9. The van der Waals surface area contributed by atoms with Gasteiger partial charge in [-0.15, -0.1) is 0 Å². The van der Waals surface area contributed by atoms with E-state index in [9.17, 15) is 38.4 Å². The van der Waals surface area contributed by atoms with Crippen LogP contribution in [0.5, 0.6) is 0 Å². The van der Waals surface area contributed by atoms with Crippen molar-refractivity contribution in [1.29, 1.82) is 0 Å². The third-order valence-corrected chi connectivity index (χ3v) is 8.34. The zero-order chi connectivity index (χ0) is 37.1. The first kappa shape index (κ1) is 43.3. The minimum atomic E-state index is -1.58. The second-order valence-corrected chi connectivity index (χ2v) is 12.2. The van der Waals surface area contributed by atoms with Gasteiger partial charge in [0.25, 0.3) is 0 Å². The number of carbonyl (C=O) groups is 8. The number of nitrogens with one attached hydrogen (secondary N) is 6. The Morgan fingerprint density at radius 2 is 1.37 bits per heavy atom. The molecule has 1 aromatic rings. The molecule has 0 saturated carbocycles. The lowest BCUT2D eigenvalue weighted by Gasteiger charge is -2.29. The predicted octanol–water partition coefficient (Wildman–Crippen LogP) is -2.17. The van der Waals surface area contributed by atoms with Gasteiger partial charge in [-0.2, -0.15) is 25.3 Å². The minimum absolute atomic E-state index is 0.0262. The number of nitrogens with two attached hydrogens (primary N) is 2. The molecule has 49 heavy (non-hydrogen) atoms. The summed E-state index contributed by atoms with van der Waals surface area (Å²) < 4.78 is 0. The van der Waals surface area contributed by atoms with Gasteiger partial charge in [0, 0.05) is 17.9 Å². The molecule has 16 nitrogen and oxygen atoms in total. The first-order chi connectivity index (χ1) is 23.2. The number of primary amides is 2. The SMILES string of the molecule is CC[C@H](C)C(NC(=O)[C@H](Cc1ccccc1)NN[C@H](C=O)CS)C(=O)N[C@@H](CCC(N)=O)C(=O)C(=O)[C@H](CC(N)=O)NN[C@@H](CS)C(C)=O. The lowest BCUT2D eigenvalue weighted by atomic mass is 9.94. The molecule has 18 heteroatoms. The summed E-state index contributed by atoms with van der Waals surface area (Å²) in [4.78, 5) is 101. The van der Waals surface area contributed by atoms with Crippen LogP contribution in [-0.2, 0) is 44.8 Å². The molecule has 1 aromatic carbocycles. The molecule has 0 aliphatic heterocycles. The molecule has 1 rings (SSSR count).